The number of carbonyl (C=O) groups excluding carboxylic acids is 3. The Balaban J connectivity index is 1.74. The van der Waals surface area contributed by atoms with Gasteiger partial charge in [0.15, 0.2) is 11.3 Å². The molecule has 1 fully saturated rings. The van der Waals surface area contributed by atoms with Crippen molar-refractivity contribution < 1.29 is 14.4 Å². The molecule has 30 heavy (non-hydrogen) atoms. The number of ketones is 1. The van der Waals surface area contributed by atoms with Crippen LogP contribution in [0.2, 0.25) is 10.0 Å². The van der Waals surface area contributed by atoms with Crippen LogP contribution in [0.1, 0.15) is 21.5 Å². The van der Waals surface area contributed by atoms with Gasteiger partial charge in [0, 0.05) is 10.6 Å². The van der Waals surface area contributed by atoms with Gasteiger partial charge in [-0.25, -0.2) is 4.79 Å². The summed E-state index contributed by atoms with van der Waals surface area (Å²) in [5.41, 5.74) is -0.0601. The lowest BCUT2D eigenvalue weighted by Gasteiger charge is -2.28. The normalized spacial score (nSPS) is 15.2. The molecule has 1 heterocycles. The third-order valence-electron chi connectivity index (χ3n) is 5.05. The molecule has 1 aliphatic heterocycles. The van der Waals surface area contributed by atoms with Gasteiger partial charge in [0.05, 0.1) is 11.6 Å². The summed E-state index contributed by atoms with van der Waals surface area (Å²) in [6, 6.07) is 21.7. The quantitative estimate of drug-likeness (QED) is 0.464. The van der Waals surface area contributed by atoms with Crippen LogP contribution in [0.15, 0.2) is 78.9 Å². The smallest absolute Gasteiger partial charge is 0.315 e. The molecule has 0 atom stereocenters. The molecule has 0 radical (unpaired) electrons. The summed E-state index contributed by atoms with van der Waals surface area (Å²) in [4.78, 5) is 40.2. The fourth-order valence-corrected chi connectivity index (χ4v) is 3.99. The maximum Gasteiger partial charge on any atom is 0.325 e. The van der Waals surface area contributed by atoms with Gasteiger partial charge in [-0.1, -0.05) is 83.9 Å². The minimum Gasteiger partial charge on any atom is -0.315 e. The second-order valence-corrected chi connectivity index (χ2v) is 7.69. The van der Waals surface area contributed by atoms with Crippen LogP contribution in [0.4, 0.5) is 4.79 Å². The average Bonchev–Trinajstić information content (AvgIpc) is 3.02. The fourth-order valence-electron chi connectivity index (χ4n) is 3.59. The molecule has 1 N–H and O–H groups in total. The number of rotatable bonds is 5. The van der Waals surface area contributed by atoms with Gasteiger partial charge in [-0.05, 0) is 29.3 Å². The molecule has 0 aromatic heterocycles. The van der Waals surface area contributed by atoms with Crippen LogP contribution >= 0.6 is 23.2 Å². The molecule has 3 aromatic rings. The molecule has 0 aliphatic carbocycles. The van der Waals surface area contributed by atoms with Gasteiger partial charge in [-0.3, -0.25) is 14.5 Å². The molecular weight excluding hydrogens is 423 g/mol. The van der Waals surface area contributed by atoms with E-state index in [1.807, 2.05) is 12.1 Å². The van der Waals surface area contributed by atoms with Crippen molar-refractivity contribution in [1.82, 2.24) is 10.2 Å². The third-order valence-corrected chi connectivity index (χ3v) is 5.61. The van der Waals surface area contributed by atoms with Crippen LogP contribution in [0, 0.1) is 0 Å². The summed E-state index contributed by atoms with van der Waals surface area (Å²) in [6.45, 7) is -0.452. The van der Waals surface area contributed by atoms with Crippen molar-refractivity contribution in [3.05, 3.63) is 106 Å². The predicted octanol–water partition coefficient (Wildman–Crippen LogP) is 4.67. The van der Waals surface area contributed by atoms with Gasteiger partial charge in [-0.2, -0.15) is 0 Å². The van der Waals surface area contributed by atoms with E-state index in [0.717, 1.165) is 4.90 Å². The van der Waals surface area contributed by atoms with Gasteiger partial charge in [0.1, 0.15) is 0 Å². The fraction of sp³-hybridized carbons (Fsp3) is 0.0870. The second-order valence-electron chi connectivity index (χ2n) is 6.85. The molecule has 150 valence electrons. The number of amides is 3. The van der Waals surface area contributed by atoms with E-state index < -0.39 is 29.8 Å². The van der Waals surface area contributed by atoms with Crippen LogP contribution in [0.3, 0.4) is 0 Å². The Morgan fingerprint density at radius 3 is 2.00 bits per heavy atom. The lowest BCUT2D eigenvalue weighted by molar-refractivity contribution is -0.129. The van der Waals surface area contributed by atoms with E-state index >= 15 is 0 Å². The van der Waals surface area contributed by atoms with Gasteiger partial charge >= 0.3 is 6.03 Å². The number of nitrogens with one attached hydrogen (secondary N) is 1. The van der Waals surface area contributed by atoms with E-state index in [2.05, 4.69) is 5.32 Å². The van der Waals surface area contributed by atoms with E-state index in [-0.39, 0.29) is 10.6 Å². The van der Waals surface area contributed by atoms with Gasteiger partial charge in [0.2, 0.25) is 0 Å². The van der Waals surface area contributed by atoms with Gasteiger partial charge in [-0.15, -0.1) is 0 Å². The third kappa shape index (κ3) is 3.36. The molecule has 0 unspecified atom stereocenters. The standard InChI is InChI=1S/C23H16Cl2N2O3/c24-17-11-12-19(25)18(13-17)20(28)14-27-21(29)23(26-22(27)30,15-7-3-1-4-8-15)16-9-5-2-6-10-16/h1-13H,14H2,(H,26,30). The first-order chi connectivity index (χ1) is 14.4. The van der Waals surface area contributed by atoms with Gasteiger partial charge < -0.3 is 5.32 Å². The van der Waals surface area contributed by atoms with Crippen LogP contribution in [0.5, 0.6) is 0 Å². The molecule has 1 saturated heterocycles. The largest absolute Gasteiger partial charge is 0.325 e. The Kier molecular flexibility index (Phi) is 5.33. The lowest BCUT2D eigenvalue weighted by Crippen LogP contribution is -2.45. The summed E-state index contributed by atoms with van der Waals surface area (Å²) in [5, 5.41) is 3.35. The van der Waals surface area contributed by atoms with E-state index in [9.17, 15) is 14.4 Å². The number of carbonyl (C=O) groups is 3. The number of benzene rings is 3. The minimum absolute atomic E-state index is 0.154. The minimum atomic E-state index is -1.42. The number of nitrogens with zero attached hydrogens (tertiary/aromatic N) is 1. The van der Waals surface area contributed by atoms with E-state index in [4.69, 9.17) is 23.2 Å². The molecule has 0 spiro atoms. The van der Waals surface area contributed by atoms with Crippen molar-refractivity contribution in [2.24, 2.45) is 0 Å². The average molecular weight is 439 g/mol. The highest BCUT2D eigenvalue weighted by Gasteiger charge is 2.54. The molecule has 3 amide bonds. The molecule has 0 bridgehead atoms. The van der Waals surface area contributed by atoms with Crippen LogP contribution in [0.25, 0.3) is 0 Å². The van der Waals surface area contributed by atoms with Crippen molar-refractivity contribution in [3.63, 3.8) is 0 Å². The Bertz CT molecular complexity index is 1090. The highest BCUT2D eigenvalue weighted by atomic mass is 35.5. The van der Waals surface area contributed by atoms with Crippen molar-refractivity contribution in [3.8, 4) is 0 Å². The van der Waals surface area contributed by atoms with Crippen molar-refractivity contribution >= 4 is 40.9 Å². The Morgan fingerprint density at radius 2 is 1.43 bits per heavy atom. The molecule has 4 rings (SSSR count). The number of Topliss-reactive ketones (excluding diaryl/α,β-unsaturated/α-hetero) is 1. The van der Waals surface area contributed by atoms with Crippen LogP contribution < -0.4 is 5.32 Å². The molecule has 0 saturated carbocycles. The Morgan fingerprint density at radius 1 is 0.867 bits per heavy atom. The SMILES string of the molecule is O=C(CN1C(=O)NC(c2ccccc2)(c2ccccc2)C1=O)c1cc(Cl)ccc1Cl. The molecule has 1 aliphatic rings. The van der Waals surface area contributed by atoms with Gasteiger partial charge in [0.25, 0.3) is 5.91 Å². The summed E-state index contributed by atoms with van der Waals surface area (Å²) < 4.78 is 0. The molecule has 5 nitrogen and oxygen atoms in total. The monoisotopic (exact) mass is 438 g/mol. The number of hydrogen-bond acceptors (Lipinski definition) is 3. The number of imide groups is 1. The first-order valence-electron chi connectivity index (χ1n) is 9.17. The van der Waals surface area contributed by atoms with Crippen LogP contribution in [-0.2, 0) is 10.3 Å². The Hall–Kier alpha value is -3.15. The molecule has 3 aromatic carbocycles. The summed E-state index contributed by atoms with van der Waals surface area (Å²) in [6.07, 6.45) is 0. The zero-order valence-corrected chi connectivity index (χ0v) is 17.2. The van der Waals surface area contributed by atoms with Crippen molar-refractivity contribution in [2.45, 2.75) is 5.54 Å². The van der Waals surface area contributed by atoms with E-state index in [1.165, 1.54) is 12.1 Å². The van der Waals surface area contributed by atoms with E-state index in [1.54, 1.807) is 54.6 Å². The first kappa shape index (κ1) is 20.1. The lowest BCUT2D eigenvalue weighted by atomic mass is 9.82. The highest BCUT2D eigenvalue weighted by Crippen LogP contribution is 2.36. The van der Waals surface area contributed by atoms with Crippen LogP contribution in [-0.4, -0.2) is 29.2 Å². The maximum atomic E-state index is 13.6. The maximum absolute atomic E-state index is 13.6. The highest BCUT2D eigenvalue weighted by molar-refractivity contribution is 6.36. The predicted molar refractivity (Wildman–Crippen MR) is 115 cm³/mol. The molecular formula is C23H16Cl2N2O3. The number of halogens is 2. The first-order valence-corrected chi connectivity index (χ1v) is 9.92. The Labute approximate surface area is 183 Å². The topological polar surface area (TPSA) is 66.5 Å². The van der Waals surface area contributed by atoms with Crippen molar-refractivity contribution in [2.75, 3.05) is 6.54 Å². The summed E-state index contributed by atoms with van der Waals surface area (Å²) in [5.74, 6) is -1.01. The zero-order chi connectivity index (χ0) is 21.3. The summed E-state index contributed by atoms with van der Waals surface area (Å²) >= 11 is 12.1. The number of urea groups is 1. The molecule has 7 heteroatoms. The van der Waals surface area contributed by atoms with E-state index in [0.29, 0.717) is 16.1 Å². The second kappa shape index (κ2) is 7.94. The number of hydrogen-bond donors (Lipinski definition) is 1. The summed E-state index contributed by atoms with van der Waals surface area (Å²) in [7, 11) is 0. The van der Waals surface area contributed by atoms with Crippen molar-refractivity contribution in [1.29, 1.82) is 0 Å². The zero-order valence-electron chi connectivity index (χ0n) is 15.6.